The van der Waals surface area contributed by atoms with E-state index in [1.807, 2.05) is 6.92 Å². The molecule has 1 fully saturated rings. The van der Waals surface area contributed by atoms with Crippen LogP contribution in [0.5, 0.6) is 0 Å². The highest BCUT2D eigenvalue weighted by Gasteiger charge is 2.30. The van der Waals surface area contributed by atoms with Crippen LogP contribution in [0, 0.1) is 0 Å². The minimum Gasteiger partial charge on any atom is -0.388 e. The van der Waals surface area contributed by atoms with Crippen LogP contribution >= 0.6 is 0 Å². The predicted octanol–water partition coefficient (Wildman–Crippen LogP) is 0.125. The first-order valence-corrected chi connectivity index (χ1v) is 5.70. The topological polar surface area (TPSA) is 60.0 Å². The molecule has 1 aliphatic heterocycles. The lowest BCUT2D eigenvalue weighted by Gasteiger charge is -2.34. The van der Waals surface area contributed by atoms with Crippen molar-refractivity contribution < 1.29 is 19.3 Å². The largest absolute Gasteiger partial charge is 0.388 e. The Morgan fingerprint density at radius 1 is 1.31 bits per heavy atom. The molecule has 0 aromatic rings. The van der Waals surface area contributed by atoms with Gasteiger partial charge >= 0.3 is 0 Å². The molecule has 0 bridgehead atoms. The third kappa shape index (κ3) is 3.99. The fraction of sp³-hybridized carbons (Fsp3) is 1.00. The lowest BCUT2D eigenvalue weighted by molar-refractivity contribution is -0.124. The van der Waals surface area contributed by atoms with Gasteiger partial charge in [0.25, 0.3) is 0 Å². The van der Waals surface area contributed by atoms with E-state index in [1.54, 1.807) is 14.2 Å². The van der Waals surface area contributed by atoms with Crippen molar-refractivity contribution in [1.29, 1.82) is 0 Å². The van der Waals surface area contributed by atoms with Crippen molar-refractivity contribution in [2.24, 2.45) is 0 Å². The molecule has 2 N–H and O–H groups in total. The molecule has 0 aliphatic carbocycles. The second-order valence-corrected chi connectivity index (χ2v) is 4.35. The zero-order valence-corrected chi connectivity index (χ0v) is 10.4. The van der Waals surface area contributed by atoms with Crippen LogP contribution in [0.4, 0.5) is 0 Å². The standard InChI is InChI=1S/C11H23NO4/c1-9(10(14-2)15-3)12-8-11(13)4-6-16-7-5-11/h9-10,12-13H,4-8H2,1-3H3. The Morgan fingerprint density at radius 2 is 1.88 bits per heavy atom. The van der Waals surface area contributed by atoms with Crippen molar-refractivity contribution in [1.82, 2.24) is 5.32 Å². The lowest BCUT2D eigenvalue weighted by Crippen LogP contribution is -2.50. The van der Waals surface area contributed by atoms with Gasteiger partial charge in [-0.05, 0) is 6.92 Å². The molecule has 0 saturated carbocycles. The Hall–Kier alpha value is -0.200. The molecule has 1 heterocycles. The number of ether oxygens (including phenoxy) is 3. The number of hydrogen-bond acceptors (Lipinski definition) is 5. The van der Waals surface area contributed by atoms with E-state index < -0.39 is 5.60 Å². The third-order valence-corrected chi connectivity index (χ3v) is 3.05. The Morgan fingerprint density at radius 3 is 2.38 bits per heavy atom. The summed E-state index contributed by atoms with van der Waals surface area (Å²) in [6.45, 7) is 3.77. The summed E-state index contributed by atoms with van der Waals surface area (Å²) in [6, 6.07) is 0.0434. The van der Waals surface area contributed by atoms with Gasteiger partial charge in [-0.3, -0.25) is 0 Å². The van der Waals surface area contributed by atoms with Crippen LogP contribution < -0.4 is 5.32 Å². The number of aliphatic hydroxyl groups is 1. The van der Waals surface area contributed by atoms with Crippen molar-refractivity contribution in [3.05, 3.63) is 0 Å². The van der Waals surface area contributed by atoms with Gasteiger partial charge in [0.1, 0.15) is 0 Å². The van der Waals surface area contributed by atoms with Gasteiger partial charge in [0, 0.05) is 46.8 Å². The molecule has 0 aromatic heterocycles. The van der Waals surface area contributed by atoms with Crippen molar-refractivity contribution in [3.8, 4) is 0 Å². The number of nitrogens with one attached hydrogen (secondary N) is 1. The quantitative estimate of drug-likeness (QED) is 0.638. The van der Waals surface area contributed by atoms with Crippen LogP contribution in [-0.4, -0.2) is 57.0 Å². The first-order chi connectivity index (χ1) is 7.61. The normalized spacial score (nSPS) is 22.3. The van der Waals surface area contributed by atoms with Crippen LogP contribution in [0.15, 0.2) is 0 Å². The fourth-order valence-electron chi connectivity index (χ4n) is 1.88. The van der Waals surface area contributed by atoms with Crippen LogP contribution in [0.2, 0.25) is 0 Å². The molecule has 0 radical (unpaired) electrons. The maximum Gasteiger partial charge on any atom is 0.171 e. The van der Waals surface area contributed by atoms with Crippen molar-refractivity contribution in [3.63, 3.8) is 0 Å². The molecule has 16 heavy (non-hydrogen) atoms. The molecule has 1 saturated heterocycles. The lowest BCUT2D eigenvalue weighted by atomic mass is 9.94. The monoisotopic (exact) mass is 233 g/mol. The summed E-state index contributed by atoms with van der Waals surface area (Å²) < 4.78 is 15.5. The van der Waals surface area contributed by atoms with Gasteiger partial charge in [-0.15, -0.1) is 0 Å². The molecule has 1 rings (SSSR count). The van der Waals surface area contributed by atoms with Crippen LogP contribution in [0.25, 0.3) is 0 Å². The van der Waals surface area contributed by atoms with Gasteiger partial charge in [-0.1, -0.05) is 0 Å². The van der Waals surface area contributed by atoms with Gasteiger partial charge in [-0.2, -0.15) is 0 Å². The van der Waals surface area contributed by atoms with E-state index in [-0.39, 0.29) is 12.3 Å². The summed E-state index contributed by atoms with van der Waals surface area (Å²) in [5, 5.41) is 13.5. The Kier molecular flexibility index (Phi) is 5.64. The highest BCUT2D eigenvalue weighted by Crippen LogP contribution is 2.19. The maximum atomic E-state index is 10.2. The molecular weight excluding hydrogens is 210 g/mol. The molecular formula is C11H23NO4. The SMILES string of the molecule is COC(OC)C(C)NCC1(O)CCOCC1. The van der Waals surface area contributed by atoms with Gasteiger partial charge in [0.2, 0.25) is 0 Å². The third-order valence-electron chi connectivity index (χ3n) is 3.05. The molecule has 5 nitrogen and oxygen atoms in total. The number of hydrogen-bond donors (Lipinski definition) is 2. The second kappa shape index (κ2) is 6.51. The van der Waals surface area contributed by atoms with E-state index in [0.717, 1.165) is 0 Å². The molecule has 0 amide bonds. The molecule has 0 spiro atoms. The highest BCUT2D eigenvalue weighted by atomic mass is 16.7. The van der Waals surface area contributed by atoms with Crippen molar-refractivity contribution in [2.45, 2.75) is 37.7 Å². The van der Waals surface area contributed by atoms with Crippen LogP contribution in [0.1, 0.15) is 19.8 Å². The van der Waals surface area contributed by atoms with Crippen molar-refractivity contribution >= 4 is 0 Å². The van der Waals surface area contributed by atoms with E-state index >= 15 is 0 Å². The van der Waals surface area contributed by atoms with E-state index in [9.17, 15) is 5.11 Å². The van der Waals surface area contributed by atoms with Gasteiger partial charge in [-0.25, -0.2) is 0 Å². The van der Waals surface area contributed by atoms with Gasteiger partial charge in [0.15, 0.2) is 6.29 Å². The van der Waals surface area contributed by atoms with Gasteiger partial charge in [0.05, 0.1) is 11.6 Å². The Bertz CT molecular complexity index is 190. The average molecular weight is 233 g/mol. The maximum absolute atomic E-state index is 10.2. The fourth-order valence-corrected chi connectivity index (χ4v) is 1.88. The number of methoxy groups -OCH3 is 2. The van der Waals surface area contributed by atoms with Crippen LogP contribution in [0.3, 0.4) is 0 Å². The first-order valence-electron chi connectivity index (χ1n) is 5.70. The molecule has 1 unspecified atom stereocenters. The number of rotatable bonds is 6. The molecule has 96 valence electrons. The van der Waals surface area contributed by atoms with E-state index in [2.05, 4.69) is 5.32 Å². The predicted molar refractivity (Wildman–Crippen MR) is 60.3 cm³/mol. The van der Waals surface area contributed by atoms with Gasteiger partial charge < -0.3 is 24.6 Å². The zero-order valence-electron chi connectivity index (χ0n) is 10.4. The van der Waals surface area contributed by atoms with Crippen LogP contribution in [-0.2, 0) is 14.2 Å². The zero-order chi connectivity index (χ0) is 12.0. The Balaban J connectivity index is 2.31. The van der Waals surface area contributed by atoms with E-state index in [4.69, 9.17) is 14.2 Å². The second-order valence-electron chi connectivity index (χ2n) is 4.35. The summed E-state index contributed by atoms with van der Waals surface area (Å²) >= 11 is 0. The minimum atomic E-state index is -0.654. The Labute approximate surface area is 97.1 Å². The summed E-state index contributed by atoms with van der Waals surface area (Å²) in [5.74, 6) is 0. The molecule has 5 heteroatoms. The first kappa shape index (κ1) is 13.9. The average Bonchev–Trinajstić information content (AvgIpc) is 2.29. The minimum absolute atomic E-state index is 0.0434. The summed E-state index contributed by atoms with van der Waals surface area (Å²) in [6.07, 6.45) is 1.07. The molecule has 1 atom stereocenters. The summed E-state index contributed by atoms with van der Waals surface area (Å²) in [5.41, 5.74) is -0.654. The molecule has 0 aromatic carbocycles. The molecule has 1 aliphatic rings. The smallest absolute Gasteiger partial charge is 0.171 e. The summed E-state index contributed by atoms with van der Waals surface area (Å²) in [4.78, 5) is 0. The summed E-state index contributed by atoms with van der Waals surface area (Å²) in [7, 11) is 3.21. The highest BCUT2D eigenvalue weighted by molar-refractivity contribution is 4.84. The van der Waals surface area contributed by atoms with E-state index in [0.29, 0.717) is 32.6 Å². The van der Waals surface area contributed by atoms with Crippen molar-refractivity contribution in [2.75, 3.05) is 34.0 Å². The van der Waals surface area contributed by atoms with E-state index in [1.165, 1.54) is 0 Å².